The molecule has 1 aliphatic carbocycles. The monoisotopic (exact) mass is 441 g/mol. The number of aryl methyl sites for hydroxylation is 1. The molecule has 1 saturated heterocycles. The van der Waals surface area contributed by atoms with Crippen molar-refractivity contribution < 1.29 is 14.1 Å². The Morgan fingerprint density at radius 3 is 2.29 bits per heavy atom. The molecule has 8 heteroatoms. The average molecular weight is 441 g/mol. The van der Waals surface area contributed by atoms with E-state index in [0.717, 1.165) is 40.1 Å². The smallest absolute Gasteiger partial charge is 0.399 e. The maximum Gasteiger partial charge on any atom is 0.494 e. The summed E-state index contributed by atoms with van der Waals surface area (Å²) in [4.78, 5) is 15.6. The third-order valence-electron chi connectivity index (χ3n) is 6.99. The van der Waals surface area contributed by atoms with Gasteiger partial charge in [0.2, 0.25) is 0 Å². The minimum atomic E-state index is -0.388. The maximum absolute atomic E-state index is 12.8. The molecule has 1 N–H and O–H groups in total. The number of rotatable bonds is 4. The van der Waals surface area contributed by atoms with E-state index in [1.165, 1.54) is 24.4 Å². The Morgan fingerprint density at radius 2 is 1.71 bits per heavy atom. The van der Waals surface area contributed by atoms with E-state index in [-0.39, 0.29) is 24.4 Å². The van der Waals surface area contributed by atoms with Crippen molar-refractivity contribution in [2.45, 2.75) is 77.5 Å². The van der Waals surface area contributed by atoms with E-state index < -0.39 is 0 Å². The van der Waals surface area contributed by atoms with Crippen molar-refractivity contribution >= 4 is 35.8 Å². The quantitative estimate of drug-likeness (QED) is 0.691. The summed E-state index contributed by atoms with van der Waals surface area (Å²) in [5.74, 6) is 0. The highest BCUT2D eigenvalue weighted by molar-refractivity contribution is 7.10. The Labute approximate surface area is 189 Å². The van der Waals surface area contributed by atoms with Gasteiger partial charge in [0.15, 0.2) is 0 Å². The largest absolute Gasteiger partial charge is 0.494 e. The second-order valence-corrected chi connectivity index (χ2v) is 10.4. The van der Waals surface area contributed by atoms with Crippen LogP contribution in [-0.4, -0.2) is 46.7 Å². The standard InChI is InChI=1S/C23H32BN3O3S/c1-15-19(25-21(28)27(6)18-9-7-8-10-18)20(31-26-15)16-11-13-17(14-12-16)24-29-22(2,3)23(4,5)30-24/h11-14,18H,7-10H2,1-6H3,(H,25,28). The van der Waals surface area contributed by atoms with Gasteiger partial charge in [-0.05, 0) is 70.0 Å². The molecule has 2 aliphatic rings. The number of urea groups is 1. The number of nitrogens with zero attached hydrogens (tertiary/aromatic N) is 2. The van der Waals surface area contributed by atoms with Crippen LogP contribution in [0.1, 0.15) is 59.1 Å². The maximum atomic E-state index is 12.8. The Morgan fingerprint density at radius 1 is 1.13 bits per heavy atom. The second kappa shape index (κ2) is 8.22. The lowest BCUT2D eigenvalue weighted by molar-refractivity contribution is 0.00578. The fraction of sp³-hybridized carbons (Fsp3) is 0.565. The molecule has 0 atom stereocenters. The van der Waals surface area contributed by atoms with Crippen LogP contribution < -0.4 is 10.8 Å². The van der Waals surface area contributed by atoms with E-state index in [0.29, 0.717) is 6.04 Å². The Bertz CT molecular complexity index is 935. The number of carbonyl (C=O) groups excluding carboxylic acids is 1. The van der Waals surface area contributed by atoms with Crippen LogP contribution in [0.25, 0.3) is 10.4 Å². The normalized spacial score (nSPS) is 20.3. The molecule has 2 amide bonds. The number of nitrogens with one attached hydrogen (secondary N) is 1. The lowest BCUT2D eigenvalue weighted by Gasteiger charge is -2.32. The molecule has 0 radical (unpaired) electrons. The van der Waals surface area contributed by atoms with Crippen molar-refractivity contribution in [2.24, 2.45) is 0 Å². The molecule has 2 aromatic rings. The topological polar surface area (TPSA) is 63.7 Å². The number of hydrogen-bond acceptors (Lipinski definition) is 5. The number of carbonyl (C=O) groups is 1. The van der Waals surface area contributed by atoms with E-state index in [1.807, 2.05) is 43.1 Å². The second-order valence-electron chi connectivity index (χ2n) is 9.66. The van der Waals surface area contributed by atoms with Crippen molar-refractivity contribution in [3.05, 3.63) is 30.0 Å². The molecule has 4 rings (SSSR count). The van der Waals surface area contributed by atoms with Crippen molar-refractivity contribution in [2.75, 3.05) is 12.4 Å². The van der Waals surface area contributed by atoms with Crippen LogP contribution in [0.3, 0.4) is 0 Å². The molecule has 0 spiro atoms. The van der Waals surface area contributed by atoms with Gasteiger partial charge in [0.05, 0.1) is 27.5 Å². The molecule has 0 bridgehead atoms. The van der Waals surface area contributed by atoms with Gasteiger partial charge in [0.25, 0.3) is 0 Å². The Kier molecular flexibility index (Phi) is 5.92. The summed E-state index contributed by atoms with van der Waals surface area (Å²) < 4.78 is 16.8. The van der Waals surface area contributed by atoms with Crippen molar-refractivity contribution in [1.29, 1.82) is 0 Å². The van der Waals surface area contributed by atoms with E-state index in [9.17, 15) is 4.79 Å². The summed E-state index contributed by atoms with van der Waals surface area (Å²) in [6, 6.07) is 8.42. The van der Waals surface area contributed by atoms with Crippen LogP contribution in [0.2, 0.25) is 0 Å². The zero-order valence-corrected chi connectivity index (χ0v) is 20.1. The summed E-state index contributed by atoms with van der Waals surface area (Å²) in [5, 5.41) is 3.11. The molecule has 2 heterocycles. The third kappa shape index (κ3) is 4.25. The predicted molar refractivity (Wildman–Crippen MR) is 127 cm³/mol. The van der Waals surface area contributed by atoms with Crippen LogP contribution in [-0.2, 0) is 9.31 Å². The number of hydrogen-bond donors (Lipinski definition) is 1. The van der Waals surface area contributed by atoms with Gasteiger partial charge in [-0.2, -0.15) is 4.37 Å². The summed E-state index contributed by atoms with van der Waals surface area (Å²) >= 11 is 1.41. The van der Waals surface area contributed by atoms with Crippen molar-refractivity contribution in [1.82, 2.24) is 9.27 Å². The first-order chi connectivity index (χ1) is 14.6. The molecule has 1 aromatic heterocycles. The summed E-state index contributed by atoms with van der Waals surface area (Å²) in [7, 11) is 1.50. The van der Waals surface area contributed by atoms with Gasteiger partial charge in [0.1, 0.15) is 0 Å². The molecule has 1 aromatic carbocycles. The molecule has 1 saturated carbocycles. The fourth-order valence-electron chi connectivity index (χ4n) is 4.14. The molecule has 0 unspecified atom stereocenters. The van der Waals surface area contributed by atoms with E-state index in [4.69, 9.17) is 9.31 Å². The van der Waals surface area contributed by atoms with E-state index in [2.05, 4.69) is 37.4 Å². The Balaban J connectivity index is 1.51. The zero-order valence-electron chi connectivity index (χ0n) is 19.3. The molecule has 1 aliphatic heterocycles. The van der Waals surface area contributed by atoms with Gasteiger partial charge in [-0.15, -0.1) is 0 Å². The van der Waals surface area contributed by atoms with Gasteiger partial charge >= 0.3 is 13.1 Å². The summed E-state index contributed by atoms with van der Waals surface area (Å²) in [5.41, 5.74) is 2.90. The van der Waals surface area contributed by atoms with Crippen LogP contribution in [0.5, 0.6) is 0 Å². The highest BCUT2D eigenvalue weighted by atomic mass is 32.1. The first-order valence-corrected chi connectivity index (χ1v) is 11.8. The molecule has 166 valence electrons. The zero-order chi connectivity index (χ0) is 22.4. The third-order valence-corrected chi connectivity index (χ3v) is 7.97. The number of benzene rings is 1. The van der Waals surface area contributed by atoms with Crippen molar-refractivity contribution in [3.8, 4) is 10.4 Å². The minimum absolute atomic E-state index is 0.0645. The number of aromatic nitrogens is 1. The van der Waals surface area contributed by atoms with Gasteiger partial charge in [0, 0.05) is 13.1 Å². The van der Waals surface area contributed by atoms with Gasteiger partial charge in [-0.3, -0.25) is 0 Å². The SMILES string of the molecule is Cc1nsc(-c2ccc(B3OC(C)(C)C(C)(C)O3)cc2)c1NC(=O)N(C)C1CCCC1. The number of amides is 2. The van der Waals surface area contributed by atoms with Crippen LogP contribution in [0.4, 0.5) is 10.5 Å². The summed E-state index contributed by atoms with van der Waals surface area (Å²) in [6.07, 6.45) is 4.56. The highest BCUT2D eigenvalue weighted by Crippen LogP contribution is 2.38. The predicted octanol–water partition coefficient (Wildman–Crippen LogP) is 4.82. The first-order valence-electron chi connectivity index (χ1n) is 11.0. The lowest BCUT2D eigenvalue weighted by atomic mass is 9.79. The molecule has 2 fully saturated rings. The van der Waals surface area contributed by atoms with Gasteiger partial charge < -0.3 is 19.5 Å². The fourth-order valence-corrected chi connectivity index (χ4v) is 4.99. The Hall–Kier alpha value is -1.90. The lowest BCUT2D eigenvalue weighted by Crippen LogP contribution is -2.41. The highest BCUT2D eigenvalue weighted by Gasteiger charge is 2.51. The molecule has 6 nitrogen and oxygen atoms in total. The van der Waals surface area contributed by atoms with Crippen LogP contribution >= 0.6 is 11.5 Å². The van der Waals surface area contributed by atoms with Crippen LogP contribution in [0.15, 0.2) is 24.3 Å². The van der Waals surface area contributed by atoms with E-state index >= 15 is 0 Å². The molecular weight excluding hydrogens is 409 g/mol. The molecule has 31 heavy (non-hydrogen) atoms. The van der Waals surface area contributed by atoms with Gasteiger partial charge in [-0.1, -0.05) is 37.1 Å². The first kappa shape index (κ1) is 22.3. The van der Waals surface area contributed by atoms with Crippen molar-refractivity contribution in [3.63, 3.8) is 0 Å². The molecular formula is C23H32BN3O3S. The van der Waals surface area contributed by atoms with Gasteiger partial charge in [-0.25, -0.2) is 4.79 Å². The van der Waals surface area contributed by atoms with E-state index in [1.54, 1.807) is 0 Å². The summed E-state index contributed by atoms with van der Waals surface area (Å²) in [6.45, 7) is 10.2. The number of anilines is 1. The minimum Gasteiger partial charge on any atom is -0.399 e. The van der Waals surface area contributed by atoms with Crippen LogP contribution in [0, 0.1) is 6.92 Å². The average Bonchev–Trinajstić information content (AvgIpc) is 3.42.